The van der Waals surface area contributed by atoms with Crippen molar-refractivity contribution >= 4 is 33.0 Å². The molecule has 287 valence electrons. The van der Waals surface area contributed by atoms with Gasteiger partial charge in [0.15, 0.2) is 0 Å². The van der Waals surface area contributed by atoms with Gasteiger partial charge in [-0.2, -0.15) is 0 Å². The van der Waals surface area contributed by atoms with Crippen LogP contribution in [-0.2, 0) is 20.1 Å². The second-order valence-electron chi connectivity index (χ2n) is 14.6. The smallest absolute Gasteiger partial charge is 0.120 e. The van der Waals surface area contributed by atoms with Gasteiger partial charge in [-0.25, -0.2) is 0 Å². The number of aromatic nitrogens is 3. The minimum absolute atomic E-state index is 0. The van der Waals surface area contributed by atoms with E-state index in [2.05, 4.69) is 21.7 Å². The number of hydrogen-bond acceptors (Lipinski definition) is 3. The topological polar surface area (TPSA) is 43.9 Å². The van der Waals surface area contributed by atoms with Crippen LogP contribution < -0.4 is 0 Å². The first-order valence-corrected chi connectivity index (χ1v) is 18.8. The first-order valence-electron chi connectivity index (χ1n) is 21.8. The molecule has 0 aliphatic rings. The number of pyridine rings is 1. The Bertz CT molecular complexity index is 3030. The van der Waals surface area contributed by atoms with Gasteiger partial charge in [0.1, 0.15) is 5.58 Å². The molecule has 0 bridgehead atoms. The molecule has 0 saturated heterocycles. The average Bonchev–Trinajstić information content (AvgIpc) is 3.82. The Labute approximate surface area is 358 Å². The number of hydrogen-bond donors (Lipinski definition) is 0. The number of furan rings is 1. The molecule has 9 aromatic rings. The Morgan fingerprint density at radius 1 is 0.667 bits per heavy atom. The molecular weight excluding hydrogens is 875 g/mol. The first kappa shape index (κ1) is 32.5. The van der Waals surface area contributed by atoms with E-state index >= 15 is 0 Å². The summed E-state index contributed by atoms with van der Waals surface area (Å²) < 4.78 is 58.0. The standard InChI is InChI=1S/C27H22NO.C25H25N2.Ir/c1-17(2)21-13-11-19(15-18(21)3)20-12-14-25(28-16-20)24-9-6-8-23-22-7-4-5-10-26(22)29-27(23)24;1-17(2)20-13-10-14-21(18(3)4)24(20)27-23-16-9-8-15-22(23)26-25(27)19-11-6-5-7-12-19;/h4-8,10-17H,1-3H3;5-11,13-18H,1-4H3;/q2*-1;/i3D3,17D;17D,18D;. The molecule has 57 heavy (non-hydrogen) atoms. The first-order chi connectivity index (χ1) is 29.3. The van der Waals surface area contributed by atoms with Crippen molar-refractivity contribution in [2.75, 3.05) is 0 Å². The van der Waals surface area contributed by atoms with Crippen LogP contribution in [0.4, 0.5) is 0 Å². The van der Waals surface area contributed by atoms with Gasteiger partial charge in [-0.05, 0) is 81.8 Å². The molecule has 3 aromatic heterocycles. The van der Waals surface area contributed by atoms with Crippen molar-refractivity contribution in [1.82, 2.24) is 14.5 Å². The van der Waals surface area contributed by atoms with E-state index in [9.17, 15) is 0 Å². The summed E-state index contributed by atoms with van der Waals surface area (Å²) in [7, 11) is 0. The maximum Gasteiger partial charge on any atom is 0.120 e. The summed E-state index contributed by atoms with van der Waals surface area (Å²) in [6.45, 7) is 8.65. The van der Waals surface area contributed by atoms with Gasteiger partial charge >= 0.3 is 0 Å². The number of fused-ring (bicyclic) bond motifs is 4. The molecule has 0 fully saturated rings. The van der Waals surface area contributed by atoms with Gasteiger partial charge in [-0.3, -0.25) is 4.98 Å². The number of aryl methyl sites for hydroxylation is 1. The van der Waals surface area contributed by atoms with Crippen molar-refractivity contribution in [3.8, 4) is 39.5 Å². The van der Waals surface area contributed by atoms with Crippen LogP contribution in [0.5, 0.6) is 0 Å². The minimum atomic E-state index is -2.30. The molecule has 0 amide bonds. The van der Waals surface area contributed by atoms with Gasteiger partial charge in [0.25, 0.3) is 0 Å². The summed E-state index contributed by atoms with van der Waals surface area (Å²) in [4.78, 5) is 9.55. The molecule has 0 spiro atoms. The molecule has 4 nitrogen and oxygen atoms in total. The normalized spacial score (nSPS) is 13.7. The largest absolute Gasteiger partial charge is 0.501 e. The summed E-state index contributed by atoms with van der Waals surface area (Å²) in [5.41, 5.74) is 10.7. The maximum atomic E-state index is 8.80. The van der Waals surface area contributed by atoms with E-state index in [1.165, 1.54) is 0 Å². The molecular formula is C52H47IrN3O-2. The van der Waals surface area contributed by atoms with Crippen LogP contribution in [0.15, 0.2) is 144 Å². The van der Waals surface area contributed by atoms with E-state index < -0.39 is 24.5 Å². The van der Waals surface area contributed by atoms with Crippen molar-refractivity contribution in [2.45, 2.75) is 66.1 Å². The van der Waals surface area contributed by atoms with Crippen molar-refractivity contribution < 1.29 is 32.7 Å². The molecule has 1 radical (unpaired) electrons. The van der Waals surface area contributed by atoms with Crippen LogP contribution in [0.2, 0.25) is 0 Å². The van der Waals surface area contributed by atoms with Crippen LogP contribution in [0.25, 0.3) is 72.4 Å². The molecule has 9 rings (SSSR count). The van der Waals surface area contributed by atoms with Crippen molar-refractivity contribution in [3.63, 3.8) is 0 Å². The zero-order valence-corrected chi connectivity index (χ0v) is 35.3. The van der Waals surface area contributed by atoms with Gasteiger partial charge in [0, 0.05) is 45.6 Å². The molecule has 3 heterocycles. The fourth-order valence-electron chi connectivity index (χ4n) is 7.31. The monoisotopic (exact) mass is 928 g/mol. The molecule has 5 heteroatoms. The van der Waals surface area contributed by atoms with E-state index in [1.54, 1.807) is 32.2 Å². The van der Waals surface area contributed by atoms with E-state index in [1.807, 2.05) is 149 Å². The number of imidazole rings is 1. The molecule has 6 aromatic carbocycles. The Balaban J connectivity index is 0.000000188. The Morgan fingerprint density at radius 2 is 1.39 bits per heavy atom. The fourth-order valence-corrected chi connectivity index (χ4v) is 7.31. The van der Waals surface area contributed by atoms with Crippen LogP contribution in [-0.4, -0.2) is 14.5 Å². The third-order valence-electron chi connectivity index (χ3n) is 10.1. The van der Waals surface area contributed by atoms with Gasteiger partial charge in [0.05, 0.1) is 22.4 Å². The summed E-state index contributed by atoms with van der Waals surface area (Å²) >= 11 is 0. The van der Waals surface area contributed by atoms with Gasteiger partial charge < -0.3 is 14.0 Å². The second kappa shape index (κ2) is 16.9. The fraction of sp³-hybridized carbons (Fsp3) is 0.192. The van der Waals surface area contributed by atoms with E-state index in [4.69, 9.17) is 17.6 Å². The van der Waals surface area contributed by atoms with Gasteiger partial charge in [-0.15, -0.1) is 54.1 Å². The van der Waals surface area contributed by atoms with Crippen LogP contribution in [0, 0.1) is 19.0 Å². The summed E-state index contributed by atoms with van der Waals surface area (Å²) in [6.07, 6.45) is 1.73. The summed E-state index contributed by atoms with van der Waals surface area (Å²) in [5, 5.41) is 2.06. The second-order valence-corrected chi connectivity index (χ2v) is 14.6. The number of nitrogens with zero attached hydrogens (tertiary/aromatic N) is 3. The van der Waals surface area contributed by atoms with E-state index in [-0.39, 0.29) is 25.7 Å². The SMILES string of the molecule is [2H]C(C)(C)c1cccc(C([2H])(C)C)c1-n1c(-c2[c-]cccc2)nc2ccccc21.[2H]C([2H])([2H])c1cc(-c2ccc(-c3[c-]ccc4c3oc3ccccc34)nc2)ccc1C([2H])(C)C.[Ir]. The van der Waals surface area contributed by atoms with Crippen LogP contribution in [0.1, 0.15) is 89.7 Å². The number of rotatable bonds is 7. The van der Waals surface area contributed by atoms with E-state index in [0.29, 0.717) is 5.56 Å². The Hall–Kier alpha value is -5.61. The van der Waals surface area contributed by atoms with Crippen LogP contribution in [0.3, 0.4) is 0 Å². The van der Waals surface area contributed by atoms with Crippen molar-refractivity contribution in [3.05, 3.63) is 174 Å². The van der Waals surface area contributed by atoms with Crippen LogP contribution >= 0.6 is 0 Å². The van der Waals surface area contributed by atoms with Gasteiger partial charge in [0.2, 0.25) is 0 Å². The molecule has 0 atom stereocenters. The maximum absolute atomic E-state index is 8.80. The summed E-state index contributed by atoms with van der Waals surface area (Å²) in [6, 6.07) is 49.1. The van der Waals surface area contributed by atoms with Crippen molar-refractivity contribution in [1.29, 1.82) is 0 Å². The zero-order chi connectivity index (χ0) is 44.2. The van der Waals surface area contributed by atoms with Gasteiger partial charge in [-0.1, -0.05) is 131 Å². The Kier molecular flexibility index (Phi) is 9.60. The average molecular weight is 928 g/mol. The number of benzene rings is 6. The molecule has 0 N–H and O–H groups in total. The van der Waals surface area contributed by atoms with E-state index in [0.717, 1.165) is 83.6 Å². The predicted octanol–water partition coefficient (Wildman–Crippen LogP) is 14.3. The summed E-state index contributed by atoms with van der Waals surface area (Å²) in [5.74, 6) is -1.90. The quantitative estimate of drug-likeness (QED) is 0.150. The third kappa shape index (κ3) is 7.75. The van der Waals surface area contributed by atoms with Crippen molar-refractivity contribution in [2.24, 2.45) is 0 Å². The zero-order valence-electron chi connectivity index (χ0n) is 38.9. The molecule has 0 aliphatic heterocycles. The molecule has 0 saturated carbocycles. The predicted molar refractivity (Wildman–Crippen MR) is 234 cm³/mol. The third-order valence-corrected chi connectivity index (χ3v) is 10.1. The molecule has 0 aliphatic carbocycles. The Morgan fingerprint density at radius 3 is 2.09 bits per heavy atom. The number of para-hydroxylation sites is 4. The minimum Gasteiger partial charge on any atom is -0.501 e. The molecule has 0 unspecified atom stereocenters.